The molecule has 1 saturated heterocycles. The van der Waals surface area contributed by atoms with Gasteiger partial charge in [0, 0.05) is 25.1 Å². The Hall–Kier alpha value is -4.18. The second-order valence-corrected chi connectivity index (χ2v) is 16.0. The number of carbonyl (C=O) groups is 4. The number of methoxy groups -OCH3 is 2. The van der Waals surface area contributed by atoms with Crippen LogP contribution in [0.3, 0.4) is 0 Å². The Bertz CT molecular complexity index is 1730. The average Bonchev–Trinajstić information content (AvgIpc) is 3.95. The molecule has 2 aromatic rings. The molecular weight excluding hydrogens is 658 g/mol. The van der Waals surface area contributed by atoms with Gasteiger partial charge in [0.1, 0.15) is 35.1 Å². The van der Waals surface area contributed by atoms with Crippen molar-refractivity contribution in [2.45, 2.75) is 101 Å². The van der Waals surface area contributed by atoms with Crippen LogP contribution in [0.2, 0.25) is 0 Å². The summed E-state index contributed by atoms with van der Waals surface area (Å²) in [6.07, 6.45) is 0.343. The van der Waals surface area contributed by atoms with Crippen LogP contribution in [0.4, 0.5) is 4.79 Å². The predicted octanol–water partition coefficient (Wildman–Crippen LogP) is 2.02. The summed E-state index contributed by atoms with van der Waals surface area (Å²) < 4.78 is 49.8. The SMILES string of the molecule is COc1ccc2c(O[C@@H]3C[C@@H](C(=O)N[C@]4(C(=O)NS(=O)(=O)C5CC5)C[C@H]4C)N(C(=O)[C@@H](NC(=O)OC(C)(C)C)[C@H](C)OC)C3)nccc2c1. The van der Waals surface area contributed by atoms with Crippen LogP contribution in [0.1, 0.15) is 60.3 Å². The molecule has 2 saturated carbocycles. The normalized spacial score (nSPS) is 24.8. The first-order valence-electron chi connectivity index (χ1n) is 16.3. The number of benzene rings is 1. The van der Waals surface area contributed by atoms with Gasteiger partial charge in [-0.2, -0.15) is 0 Å². The molecule has 0 spiro atoms. The third kappa shape index (κ3) is 8.01. The number of hydrogen-bond acceptors (Lipinski definition) is 11. The number of rotatable bonds is 12. The van der Waals surface area contributed by atoms with Gasteiger partial charge in [0.25, 0.3) is 5.91 Å². The Morgan fingerprint density at radius 2 is 1.80 bits per heavy atom. The van der Waals surface area contributed by atoms with E-state index >= 15 is 0 Å². The predicted molar refractivity (Wildman–Crippen MR) is 177 cm³/mol. The molecular formula is C33H45N5O10S. The van der Waals surface area contributed by atoms with Crippen LogP contribution in [0.5, 0.6) is 11.6 Å². The van der Waals surface area contributed by atoms with E-state index in [2.05, 4.69) is 20.3 Å². The molecule has 15 nitrogen and oxygen atoms in total. The highest BCUT2D eigenvalue weighted by molar-refractivity contribution is 7.91. The number of nitrogens with one attached hydrogen (secondary N) is 3. The number of sulfonamides is 1. The second-order valence-electron chi connectivity index (χ2n) is 14.0. The molecule has 2 aliphatic carbocycles. The molecule has 0 radical (unpaired) electrons. The van der Waals surface area contributed by atoms with Gasteiger partial charge in [0.2, 0.25) is 27.7 Å². The van der Waals surface area contributed by atoms with Gasteiger partial charge in [-0.05, 0) is 82.5 Å². The number of hydrogen-bond donors (Lipinski definition) is 3. The van der Waals surface area contributed by atoms with Crippen molar-refractivity contribution in [3.8, 4) is 11.6 Å². The lowest BCUT2D eigenvalue weighted by molar-refractivity contribution is -0.143. The topological polar surface area (TPSA) is 192 Å². The number of pyridine rings is 1. The molecule has 3 aliphatic rings. The van der Waals surface area contributed by atoms with E-state index in [1.807, 2.05) is 6.07 Å². The van der Waals surface area contributed by atoms with Gasteiger partial charge in [-0.15, -0.1) is 0 Å². The molecule has 3 fully saturated rings. The fourth-order valence-electron chi connectivity index (χ4n) is 5.97. The van der Waals surface area contributed by atoms with Crippen molar-refractivity contribution in [1.82, 2.24) is 25.2 Å². The summed E-state index contributed by atoms with van der Waals surface area (Å²) in [5.74, 6) is -1.54. The van der Waals surface area contributed by atoms with E-state index in [4.69, 9.17) is 18.9 Å². The largest absolute Gasteiger partial charge is 0.497 e. The van der Waals surface area contributed by atoms with Crippen LogP contribution < -0.4 is 24.8 Å². The summed E-state index contributed by atoms with van der Waals surface area (Å²) in [6.45, 7) is 8.31. The Labute approximate surface area is 285 Å². The number of alkyl carbamates (subject to hydrolysis) is 1. The molecule has 2 heterocycles. The average molecular weight is 704 g/mol. The summed E-state index contributed by atoms with van der Waals surface area (Å²) in [6, 6.07) is 4.78. The van der Waals surface area contributed by atoms with Crippen LogP contribution >= 0.6 is 0 Å². The molecule has 6 atom stereocenters. The van der Waals surface area contributed by atoms with Crippen molar-refractivity contribution in [2.75, 3.05) is 20.8 Å². The molecule has 1 aliphatic heterocycles. The highest BCUT2D eigenvalue weighted by Crippen LogP contribution is 2.44. The Kier molecular flexibility index (Phi) is 10.0. The van der Waals surface area contributed by atoms with Gasteiger partial charge in [0.05, 0.1) is 25.0 Å². The van der Waals surface area contributed by atoms with Gasteiger partial charge in [0.15, 0.2) is 0 Å². The number of fused-ring (bicyclic) bond motifs is 1. The maximum absolute atomic E-state index is 14.2. The molecule has 4 amide bonds. The minimum atomic E-state index is -3.86. The van der Waals surface area contributed by atoms with Crippen LogP contribution in [0.15, 0.2) is 30.5 Å². The number of aromatic nitrogens is 1. The molecule has 1 aromatic heterocycles. The van der Waals surface area contributed by atoms with E-state index in [0.29, 0.717) is 24.0 Å². The number of likely N-dealkylation sites (tertiary alicyclic amines) is 1. The molecule has 1 aromatic carbocycles. The fourth-order valence-corrected chi connectivity index (χ4v) is 7.33. The third-order valence-electron chi connectivity index (χ3n) is 9.10. The van der Waals surface area contributed by atoms with E-state index < -0.39 is 74.5 Å². The molecule has 0 unspecified atom stereocenters. The van der Waals surface area contributed by atoms with E-state index in [9.17, 15) is 27.6 Å². The Morgan fingerprint density at radius 3 is 2.39 bits per heavy atom. The van der Waals surface area contributed by atoms with Crippen molar-refractivity contribution in [1.29, 1.82) is 0 Å². The van der Waals surface area contributed by atoms with Gasteiger partial charge in [-0.3, -0.25) is 19.1 Å². The van der Waals surface area contributed by atoms with Crippen LogP contribution in [-0.2, 0) is 33.9 Å². The molecule has 49 heavy (non-hydrogen) atoms. The number of amides is 4. The Balaban J connectivity index is 1.42. The van der Waals surface area contributed by atoms with E-state index in [-0.39, 0.29) is 31.2 Å². The van der Waals surface area contributed by atoms with Crippen molar-refractivity contribution in [3.63, 3.8) is 0 Å². The summed E-state index contributed by atoms with van der Waals surface area (Å²) >= 11 is 0. The highest BCUT2D eigenvalue weighted by Gasteiger charge is 2.61. The standard InChI is InChI=1S/C33H45N5O10S/c1-18-16-33(18,30(41)37-49(43,44)23-9-10-23)36-27(39)25-15-22(47-28-24-11-8-21(46-7)14-20(24)12-13-34-28)17-38(25)29(40)26(19(2)45-6)35-31(42)48-32(3,4)5/h8,11-14,18-19,22-23,25-26H,9-10,15-17H2,1-7H3,(H,35,42)(H,36,39)(H,37,41)/t18-,19+,22-,25+,26+,33-/m1/s1. The molecule has 3 N–H and O–H groups in total. The van der Waals surface area contributed by atoms with Crippen molar-refractivity contribution < 1.29 is 46.5 Å². The van der Waals surface area contributed by atoms with Gasteiger partial charge in [-0.25, -0.2) is 18.2 Å². The van der Waals surface area contributed by atoms with Gasteiger partial charge >= 0.3 is 6.09 Å². The zero-order chi connectivity index (χ0) is 35.9. The maximum Gasteiger partial charge on any atom is 0.408 e. The van der Waals surface area contributed by atoms with E-state index in [1.54, 1.807) is 66.1 Å². The quantitative estimate of drug-likeness (QED) is 0.293. The molecule has 268 valence electrons. The summed E-state index contributed by atoms with van der Waals surface area (Å²) in [5, 5.41) is 6.22. The van der Waals surface area contributed by atoms with Crippen LogP contribution in [0.25, 0.3) is 10.8 Å². The number of nitrogens with zero attached hydrogens (tertiary/aromatic N) is 2. The lowest BCUT2D eigenvalue weighted by atomic mass is 10.1. The zero-order valence-electron chi connectivity index (χ0n) is 28.8. The first-order chi connectivity index (χ1) is 23.0. The first-order valence-corrected chi connectivity index (χ1v) is 17.8. The smallest absolute Gasteiger partial charge is 0.408 e. The second kappa shape index (κ2) is 13.6. The summed E-state index contributed by atoms with van der Waals surface area (Å²) in [5.41, 5.74) is -2.31. The van der Waals surface area contributed by atoms with Crippen molar-refractivity contribution in [2.24, 2.45) is 5.92 Å². The lowest BCUT2D eigenvalue weighted by Gasteiger charge is -2.32. The monoisotopic (exact) mass is 703 g/mol. The lowest BCUT2D eigenvalue weighted by Crippen LogP contribution is -2.60. The van der Waals surface area contributed by atoms with Gasteiger partial charge in [-0.1, -0.05) is 6.92 Å². The minimum Gasteiger partial charge on any atom is -0.497 e. The number of carbonyl (C=O) groups excluding carboxylic acids is 4. The summed E-state index contributed by atoms with van der Waals surface area (Å²) in [4.78, 5) is 60.1. The molecule has 5 rings (SSSR count). The zero-order valence-corrected chi connectivity index (χ0v) is 29.6. The highest BCUT2D eigenvalue weighted by atomic mass is 32.2. The van der Waals surface area contributed by atoms with E-state index in [0.717, 1.165) is 5.39 Å². The van der Waals surface area contributed by atoms with Gasteiger partial charge < -0.3 is 34.5 Å². The number of ether oxygens (including phenoxy) is 4. The maximum atomic E-state index is 14.2. The third-order valence-corrected chi connectivity index (χ3v) is 10.9. The minimum absolute atomic E-state index is 0.0127. The van der Waals surface area contributed by atoms with Crippen LogP contribution in [0, 0.1) is 5.92 Å². The van der Waals surface area contributed by atoms with Crippen molar-refractivity contribution in [3.05, 3.63) is 30.5 Å². The molecule has 0 bridgehead atoms. The molecule has 16 heteroatoms. The summed E-state index contributed by atoms with van der Waals surface area (Å²) in [7, 11) is -0.916. The fraction of sp³-hybridized carbons (Fsp3) is 0.606. The Morgan fingerprint density at radius 1 is 1.10 bits per heavy atom. The van der Waals surface area contributed by atoms with Crippen molar-refractivity contribution >= 4 is 44.6 Å². The first kappa shape index (κ1) is 36.1. The van der Waals surface area contributed by atoms with E-state index in [1.165, 1.54) is 12.0 Å². The van der Waals surface area contributed by atoms with Crippen LogP contribution in [-0.4, -0.2) is 104 Å².